The second-order valence-electron chi connectivity index (χ2n) is 6.78. The average molecular weight is 263 g/mol. The number of rotatable bonds is 4. The second-order valence-corrected chi connectivity index (χ2v) is 6.78. The third kappa shape index (κ3) is 4.93. The van der Waals surface area contributed by atoms with E-state index in [2.05, 4.69) is 26.1 Å². The van der Waals surface area contributed by atoms with Crippen LogP contribution in [-0.4, -0.2) is 18.6 Å². The maximum atomic E-state index is 12.3. The molecular formula is C16H25NO2. The minimum atomic E-state index is -0.254. The van der Waals surface area contributed by atoms with Gasteiger partial charge in [-0.2, -0.15) is 0 Å². The average Bonchev–Trinajstić information content (AvgIpc) is 2.24. The van der Waals surface area contributed by atoms with E-state index in [0.29, 0.717) is 11.3 Å². The summed E-state index contributed by atoms with van der Waals surface area (Å²) in [5.41, 5.74) is 0.486. The lowest BCUT2D eigenvalue weighted by molar-refractivity contribution is 0.0888. The van der Waals surface area contributed by atoms with Gasteiger partial charge < -0.3 is 10.1 Å². The van der Waals surface area contributed by atoms with Crippen LogP contribution in [-0.2, 0) is 0 Å². The van der Waals surface area contributed by atoms with E-state index in [0.717, 1.165) is 6.42 Å². The van der Waals surface area contributed by atoms with Gasteiger partial charge in [-0.3, -0.25) is 4.79 Å². The van der Waals surface area contributed by atoms with Crippen molar-refractivity contribution in [3.05, 3.63) is 29.8 Å². The van der Waals surface area contributed by atoms with E-state index in [-0.39, 0.29) is 16.9 Å². The molecule has 0 bridgehead atoms. The minimum absolute atomic E-state index is 0.0910. The normalized spacial score (nSPS) is 12.1. The number of carbonyl (C=O) groups excluding carboxylic acids is 1. The Hall–Kier alpha value is -1.51. The predicted octanol–water partition coefficient (Wildman–Crippen LogP) is 3.64. The van der Waals surface area contributed by atoms with E-state index in [1.54, 1.807) is 19.2 Å². The molecule has 1 rings (SSSR count). The molecule has 0 aromatic heterocycles. The summed E-state index contributed by atoms with van der Waals surface area (Å²) in [4.78, 5) is 12.3. The van der Waals surface area contributed by atoms with Crippen molar-refractivity contribution >= 4 is 5.91 Å². The highest BCUT2D eigenvalue weighted by Gasteiger charge is 2.28. The first-order chi connectivity index (χ1) is 8.64. The zero-order valence-corrected chi connectivity index (χ0v) is 12.8. The van der Waals surface area contributed by atoms with E-state index < -0.39 is 0 Å². The van der Waals surface area contributed by atoms with Crippen molar-refractivity contribution in [1.82, 2.24) is 5.32 Å². The van der Waals surface area contributed by atoms with Crippen LogP contribution in [0, 0.1) is 5.41 Å². The molecular weight excluding hydrogens is 238 g/mol. The van der Waals surface area contributed by atoms with Gasteiger partial charge >= 0.3 is 0 Å². The molecule has 1 aromatic rings. The van der Waals surface area contributed by atoms with Crippen LogP contribution < -0.4 is 10.1 Å². The predicted molar refractivity (Wildman–Crippen MR) is 78.6 cm³/mol. The molecule has 0 aliphatic heterocycles. The van der Waals surface area contributed by atoms with Crippen molar-refractivity contribution in [3.8, 4) is 5.75 Å². The third-order valence-electron chi connectivity index (χ3n) is 2.78. The van der Waals surface area contributed by atoms with Crippen LogP contribution in [0.4, 0.5) is 0 Å². The molecule has 19 heavy (non-hydrogen) atoms. The van der Waals surface area contributed by atoms with Gasteiger partial charge in [0.15, 0.2) is 0 Å². The van der Waals surface area contributed by atoms with Gasteiger partial charge in [-0.05, 0) is 37.8 Å². The second kappa shape index (κ2) is 5.64. The van der Waals surface area contributed by atoms with E-state index in [1.165, 1.54) is 0 Å². The Morgan fingerprint density at radius 2 is 1.74 bits per heavy atom. The fraction of sp³-hybridized carbons (Fsp3) is 0.562. The Kier molecular flexibility index (Phi) is 4.61. The quantitative estimate of drug-likeness (QED) is 0.900. The molecule has 0 unspecified atom stereocenters. The Bertz CT molecular complexity index is 444. The van der Waals surface area contributed by atoms with Crippen LogP contribution in [0.15, 0.2) is 24.3 Å². The lowest BCUT2D eigenvalue weighted by Crippen LogP contribution is -2.45. The number of ether oxygens (including phenoxy) is 1. The number of methoxy groups -OCH3 is 1. The van der Waals surface area contributed by atoms with Gasteiger partial charge in [-0.1, -0.05) is 32.9 Å². The van der Waals surface area contributed by atoms with Gasteiger partial charge in [0.05, 0.1) is 12.7 Å². The summed E-state index contributed by atoms with van der Waals surface area (Å²) in [6.07, 6.45) is 0.904. The first kappa shape index (κ1) is 15.5. The fourth-order valence-electron chi connectivity index (χ4n) is 2.58. The maximum absolute atomic E-state index is 12.3. The molecule has 0 radical (unpaired) electrons. The number of para-hydroxylation sites is 1. The van der Waals surface area contributed by atoms with Gasteiger partial charge in [-0.25, -0.2) is 0 Å². The minimum Gasteiger partial charge on any atom is -0.496 e. The first-order valence-electron chi connectivity index (χ1n) is 6.60. The fourth-order valence-corrected chi connectivity index (χ4v) is 2.58. The molecule has 0 saturated heterocycles. The molecule has 3 nitrogen and oxygen atoms in total. The molecule has 1 aromatic carbocycles. The number of nitrogens with one attached hydrogen (secondary N) is 1. The number of hydrogen-bond donors (Lipinski definition) is 1. The number of benzene rings is 1. The molecule has 0 fully saturated rings. The lowest BCUT2D eigenvalue weighted by atomic mass is 9.81. The highest BCUT2D eigenvalue weighted by atomic mass is 16.5. The zero-order valence-electron chi connectivity index (χ0n) is 12.8. The molecule has 3 heteroatoms. The molecule has 0 heterocycles. The number of hydrogen-bond acceptors (Lipinski definition) is 2. The Morgan fingerprint density at radius 1 is 1.16 bits per heavy atom. The van der Waals surface area contributed by atoms with Crippen molar-refractivity contribution in [2.75, 3.05) is 7.11 Å². The smallest absolute Gasteiger partial charge is 0.255 e. The SMILES string of the molecule is COc1ccccc1C(=O)NC(C)(C)CC(C)(C)C. The van der Waals surface area contributed by atoms with E-state index in [4.69, 9.17) is 4.74 Å². The molecule has 1 N–H and O–H groups in total. The largest absolute Gasteiger partial charge is 0.496 e. The van der Waals surface area contributed by atoms with Gasteiger partial charge in [0.2, 0.25) is 0 Å². The Morgan fingerprint density at radius 3 is 2.26 bits per heavy atom. The van der Waals surface area contributed by atoms with E-state index in [9.17, 15) is 4.79 Å². The molecule has 106 valence electrons. The monoisotopic (exact) mass is 263 g/mol. The summed E-state index contributed by atoms with van der Waals surface area (Å²) < 4.78 is 5.22. The van der Waals surface area contributed by atoms with Gasteiger partial charge in [-0.15, -0.1) is 0 Å². The van der Waals surface area contributed by atoms with Crippen LogP contribution in [0.25, 0.3) is 0 Å². The Balaban J connectivity index is 2.85. The lowest BCUT2D eigenvalue weighted by Gasteiger charge is -2.33. The summed E-state index contributed by atoms with van der Waals surface area (Å²) in [5.74, 6) is 0.512. The van der Waals surface area contributed by atoms with Crippen LogP contribution in [0.3, 0.4) is 0 Å². The highest BCUT2D eigenvalue weighted by Crippen LogP contribution is 2.27. The molecule has 0 spiro atoms. The highest BCUT2D eigenvalue weighted by molar-refractivity contribution is 5.97. The molecule has 0 aliphatic rings. The molecule has 0 saturated carbocycles. The van der Waals surface area contributed by atoms with Crippen LogP contribution in [0.5, 0.6) is 5.75 Å². The number of amides is 1. The number of carbonyl (C=O) groups is 1. The third-order valence-corrected chi connectivity index (χ3v) is 2.78. The van der Waals surface area contributed by atoms with Crippen molar-refractivity contribution in [2.45, 2.75) is 46.6 Å². The molecule has 0 aliphatic carbocycles. The molecule has 1 amide bonds. The van der Waals surface area contributed by atoms with Crippen LogP contribution >= 0.6 is 0 Å². The standard InChI is InChI=1S/C16H25NO2/c1-15(2,3)11-16(4,5)17-14(18)12-9-7-8-10-13(12)19-6/h7-10H,11H2,1-6H3,(H,17,18). The summed E-state index contributed by atoms with van der Waals surface area (Å²) in [6, 6.07) is 7.27. The molecule has 0 atom stereocenters. The summed E-state index contributed by atoms with van der Waals surface area (Å²) in [7, 11) is 1.58. The first-order valence-corrected chi connectivity index (χ1v) is 6.60. The van der Waals surface area contributed by atoms with Crippen molar-refractivity contribution in [2.24, 2.45) is 5.41 Å². The van der Waals surface area contributed by atoms with Crippen LogP contribution in [0.2, 0.25) is 0 Å². The van der Waals surface area contributed by atoms with E-state index >= 15 is 0 Å². The zero-order chi connectivity index (χ0) is 14.7. The maximum Gasteiger partial charge on any atom is 0.255 e. The van der Waals surface area contributed by atoms with Crippen molar-refractivity contribution in [1.29, 1.82) is 0 Å². The topological polar surface area (TPSA) is 38.3 Å². The Labute approximate surface area is 116 Å². The summed E-state index contributed by atoms with van der Waals surface area (Å²) in [6.45, 7) is 10.6. The summed E-state index contributed by atoms with van der Waals surface area (Å²) >= 11 is 0. The van der Waals surface area contributed by atoms with Crippen LogP contribution in [0.1, 0.15) is 51.4 Å². The van der Waals surface area contributed by atoms with Gasteiger partial charge in [0.25, 0.3) is 5.91 Å². The summed E-state index contributed by atoms with van der Waals surface area (Å²) in [5, 5.41) is 3.08. The van der Waals surface area contributed by atoms with Crippen molar-refractivity contribution < 1.29 is 9.53 Å². The van der Waals surface area contributed by atoms with Crippen molar-refractivity contribution in [3.63, 3.8) is 0 Å². The van der Waals surface area contributed by atoms with Gasteiger partial charge in [0, 0.05) is 5.54 Å². The van der Waals surface area contributed by atoms with Gasteiger partial charge in [0.1, 0.15) is 5.75 Å². The van der Waals surface area contributed by atoms with E-state index in [1.807, 2.05) is 26.0 Å².